The molecule has 12 heteroatoms. The number of fused-ring (bicyclic) bond motifs is 1. The zero-order chi connectivity index (χ0) is 44.7. The Hall–Kier alpha value is -3.96. The smallest absolute Gasteiger partial charge is 0.308 e. The number of nitrogens with zero attached hydrogens (tertiary/aromatic N) is 6. The van der Waals surface area contributed by atoms with E-state index in [2.05, 4.69) is 55.4 Å². The number of aryl methyl sites for hydroxylation is 4. The highest BCUT2D eigenvalue weighted by Crippen LogP contribution is 2.39. The van der Waals surface area contributed by atoms with Crippen LogP contribution in [0.15, 0.2) is 79.6 Å². The molecule has 0 atom stereocenters. The molecule has 65 heavy (non-hydrogen) atoms. The highest BCUT2D eigenvalue weighted by atomic mass is 35.5. The zero-order valence-corrected chi connectivity index (χ0v) is 40.8. The average Bonchev–Trinajstić information content (AvgIpc) is 3.78. The van der Waals surface area contributed by atoms with Gasteiger partial charge in [0, 0.05) is 81.9 Å². The summed E-state index contributed by atoms with van der Waals surface area (Å²) in [4.78, 5) is 20.5. The second-order valence-corrected chi connectivity index (χ2v) is 17.8. The monoisotopic (exact) mass is 931 g/mol. The van der Waals surface area contributed by atoms with Crippen molar-refractivity contribution in [1.29, 1.82) is 0 Å². The van der Waals surface area contributed by atoms with Gasteiger partial charge in [0.15, 0.2) is 18.1 Å². The second kappa shape index (κ2) is 33.5. The van der Waals surface area contributed by atoms with Gasteiger partial charge in [0.05, 0.1) is 16.8 Å². The summed E-state index contributed by atoms with van der Waals surface area (Å²) >= 11 is 6.55. The van der Waals surface area contributed by atoms with Crippen molar-refractivity contribution in [2.75, 3.05) is 26.4 Å². The third kappa shape index (κ3) is 21.9. The minimum Gasteiger partial charge on any atom is -1.00 e. The standard InChI is InChI=1S/C53H76ClN6O4.ClH/c1-45(61)64-53-49(41-50(54)48-31-23-33-56-52(48)53)51-44-60(58-57-51)36-19-15-11-7-3-5-9-13-17-21-38-63-40-26-30-47-28-24-35-59(43-47)34-18-14-10-6-2-4-8-12-16-20-37-62-39-25-29-46-27-22-32-55-42-46;/h22-24,27-28,31-33,35,41-44H,2-21,25-26,29-30,34,36-40H2,1H3;1H/q+1;/p-1. The van der Waals surface area contributed by atoms with E-state index in [0.717, 1.165) is 89.8 Å². The van der Waals surface area contributed by atoms with Crippen LogP contribution >= 0.6 is 11.6 Å². The van der Waals surface area contributed by atoms with Gasteiger partial charge in [-0.2, -0.15) is 0 Å². The average molecular weight is 932 g/mol. The summed E-state index contributed by atoms with van der Waals surface area (Å²) < 4.78 is 21.6. The predicted octanol–water partition coefficient (Wildman–Crippen LogP) is 9.86. The molecule has 0 radical (unpaired) electrons. The number of carbonyl (C=O) groups is 1. The van der Waals surface area contributed by atoms with Crippen LogP contribution in [0.1, 0.15) is 159 Å². The maximum atomic E-state index is 11.9. The van der Waals surface area contributed by atoms with Crippen molar-refractivity contribution in [3.8, 4) is 17.0 Å². The Bertz CT molecular complexity index is 2020. The van der Waals surface area contributed by atoms with Crippen molar-refractivity contribution in [1.82, 2.24) is 25.0 Å². The number of pyridine rings is 3. The highest BCUT2D eigenvalue weighted by Gasteiger charge is 2.19. The Kier molecular flexibility index (Phi) is 27.7. The van der Waals surface area contributed by atoms with Gasteiger partial charge in [0.25, 0.3) is 0 Å². The van der Waals surface area contributed by atoms with Gasteiger partial charge >= 0.3 is 5.97 Å². The topological polar surface area (TPSA) is 105 Å². The summed E-state index contributed by atoms with van der Waals surface area (Å²) in [6.45, 7) is 6.78. The van der Waals surface area contributed by atoms with E-state index in [-0.39, 0.29) is 12.4 Å². The minimum atomic E-state index is -0.423. The van der Waals surface area contributed by atoms with E-state index in [1.54, 1.807) is 18.3 Å². The van der Waals surface area contributed by atoms with Crippen LogP contribution in [0.4, 0.5) is 0 Å². The minimum absolute atomic E-state index is 0. The van der Waals surface area contributed by atoms with Crippen LogP contribution in [0.2, 0.25) is 5.02 Å². The first-order valence-electron chi connectivity index (χ1n) is 24.8. The molecule has 0 N–H and O–H groups in total. The lowest BCUT2D eigenvalue weighted by Crippen LogP contribution is -3.00. The van der Waals surface area contributed by atoms with Gasteiger partial charge in [0.2, 0.25) is 0 Å². The fraction of sp³-hybridized carbons (Fsp3) is 0.585. The van der Waals surface area contributed by atoms with Gasteiger partial charge < -0.3 is 26.6 Å². The van der Waals surface area contributed by atoms with E-state index in [1.807, 2.05) is 35.4 Å². The normalized spacial score (nSPS) is 11.3. The van der Waals surface area contributed by atoms with E-state index in [0.29, 0.717) is 27.5 Å². The number of rotatable bonds is 36. The Morgan fingerprint density at radius 1 is 0.677 bits per heavy atom. The van der Waals surface area contributed by atoms with Gasteiger partial charge in [-0.15, -0.1) is 5.10 Å². The van der Waals surface area contributed by atoms with Gasteiger partial charge in [-0.05, 0) is 87.3 Å². The molecule has 5 aromatic rings. The van der Waals surface area contributed by atoms with Crippen LogP contribution in [-0.4, -0.2) is 57.4 Å². The largest absolute Gasteiger partial charge is 1.00 e. The highest BCUT2D eigenvalue weighted by molar-refractivity contribution is 6.36. The van der Waals surface area contributed by atoms with Crippen molar-refractivity contribution < 1.29 is 36.0 Å². The summed E-state index contributed by atoms with van der Waals surface area (Å²) in [5.41, 5.74) is 4.46. The number of halogens is 2. The molecular formula is C53H76Cl2N6O4. The molecule has 0 bridgehead atoms. The molecule has 0 aliphatic heterocycles. The molecule has 1 aromatic carbocycles. The number of hydrogen-bond acceptors (Lipinski definition) is 8. The summed E-state index contributed by atoms with van der Waals surface area (Å²) in [6.07, 6.45) is 41.8. The van der Waals surface area contributed by atoms with E-state index in [9.17, 15) is 4.79 Å². The molecule has 5 rings (SSSR count). The molecule has 4 aromatic heterocycles. The maximum Gasteiger partial charge on any atom is 0.308 e. The molecule has 0 fully saturated rings. The lowest BCUT2D eigenvalue weighted by Gasteiger charge is -2.11. The van der Waals surface area contributed by atoms with E-state index >= 15 is 0 Å². The summed E-state index contributed by atoms with van der Waals surface area (Å²) in [6, 6.07) is 14.0. The van der Waals surface area contributed by atoms with Crippen LogP contribution in [-0.2, 0) is 40.2 Å². The van der Waals surface area contributed by atoms with Crippen LogP contribution in [0.5, 0.6) is 5.75 Å². The van der Waals surface area contributed by atoms with E-state index in [4.69, 9.17) is 25.8 Å². The molecule has 0 amide bonds. The first-order valence-corrected chi connectivity index (χ1v) is 25.1. The molecule has 0 spiro atoms. The first kappa shape index (κ1) is 53.7. The number of esters is 1. The van der Waals surface area contributed by atoms with Crippen molar-refractivity contribution >= 4 is 28.5 Å². The summed E-state index contributed by atoms with van der Waals surface area (Å²) in [5.74, 6) is -0.0647. The van der Waals surface area contributed by atoms with Crippen LogP contribution in [0, 0.1) is 0 Å². The summed E-state index contributed by atoms with van der Waals surface area (Å²) in [5, 5.41) is 9.93. The molecule has 0 saturated carbocycles. The number of benzene rings is 1. The lowest BCUT2D eigenvalue weighted by atomic mass is 10.1. The number of aromatic nitrogens is 6. The number of hydrogen-bond donors (Lipinski definition) is 0. The Morgan fingerprint density at radius 2 is 1.25 bits per heavy atom. The van der Waals surface area contributed by atoms with Gasteiger partial charge in [-0.25, -0.2) is 4.57 Å². The molecule has 0 saturated heterocycles. The third-order valence-electron chi connectivity index (χ3n) is 11.9. The number of ether oxygens (including phenoxy) is 3. The van der Waals surface area contributed by atoms with Gasteiger partial charge in [-0.1, -0.05) is 119 Å². The van der Waals surface area contributed by atoms with Crippen LogP contribution in [0.25, 0.3) is 22.2 Å². The molecule has 10 nitrogen and oxygen atoms in total. The van der Waals surface area contributed by atoms with E-state index in [1.165, 1.54) is 127 Å². The van der Waals surface area contributed by atoms with Gasteiger partial charge in [-0.3, -0.25) is 19.4 Å². The molecule has 0 aliphatic carbocycles. The van der Waals surface area contributed by atoms with Crippen LogP contribution < -0.4 is 21.7 Å². The number of carbonyl (C=O) groups excluding carboxylic acids is 1. The number of unbranched alkanes of at least 4 members (excludes halogenated alkanes) is 18. The van der Waals surface area contributed by atoms with Crippen LogP contribution in [0.3, 0.4) is 0 Å². The maximum absolute atomic E-state index is 11.9. The summed E-state index contributed by atoms with van der Waals surface area (Å²) in [7, 11) is 0. The lowest BCUT2D eigenvalue weighted by molar-refractivity contribution is -0.697. The van der Waals surface area contributed by atoms with Gasteiger partial charge in [0.1, 0.15) is 17.8 Å². The fourth-order valence-electron chi connectivity index (χ4n) is 8.32. The van der Waals surface area contributed by atoms with Crippen molar-refractivity contribution in [2.24, 2.45) is 0 Å². The Labute approximate surface area is 401 Å². The molecular weight excluding hydrogens is 856 g/mol. The zero-order valence-electron chi connectivity index (χ0n) is 39.3. The van der Waals surface area contributed by atoms with Crippen molar-refractivity contribution in [3.63, 3.8) is 0 Å². The Balaban J connectivity index is 0.00000925. The predicted molar refractivity (Wildman–Crippen MR) is 259 cm³/mol. The second-order valence-electron chi connectivity index (χ2n) is 17.4. The van der Waals surface area contributed by atoms with Crippen molar-refractivity contribution in [3.05, 3.63) is 95.8 Å². The molecule has 4 heterocycles. The molecule has 356 valence electrons. The first-order chi connectivity index (χ1) is 31.6. The van der Waals surface area contributed by atoms with Crippen molar-refractivity contribution in [2.45, 2.75) is 174 Å². The third-order valence-corrected chi connectivity index (χ3v) is 12.2. The molecule has 0 aliphatic rings. The van der Waals surface area contributed by atoms with E-state index < -0.39 is 5.97 Å². The quantitative estimate of drug-likeness (QED) is 0.0169. The molecule has 0 unspecified atom stereocenters. The Morgan fingerprint density at radius 3 is 1.88 bits per heavy atom. The fourth-order valence-corrected chi connectivity index (χ4v) is 8.58. The SMILES string of the molecule is CC(=O)Oc1c(-c2cn(CCCCCCCCCCCCOCCCc3ccc[n+](CCCCCCCCCCCCOCCCc4cccnc4)c3)nn2)cc(Cl)c2cccnc12.[Cl-].